The van der Waals surface area contributed by atoms with Gasteiger partial charge in [0, 0.05) is 17.2 Å². The minimum absolute atomic E-state index is 0.00511. The first-order chi connectivity index (χ1) is 13.3. The van der Waals surface area contributed by atoms with E-state index in [1.807, 2.05) is 10.6 Å². The zero-order chi connectivity index (χ0) is 22.0. The Bertz CT molecular complexity index is 807. The van der Waals surface area contributed by atoms with Gasteiger partial charge < -0.3 is 15.2 Å². The molecule has 0 radical (unpaired) electrons. The largest absolute Gasteiger partial charge is 0.610 e. The molecule has 14 heteroatoms. The predicted octanol–water partition coefficient (Wildman–Crippen LogP) is 3.40. The van der Waals surface area contributed by atoms with Gasteiger partial charge in [-0.2, -0.15) is 46.3 Å². The number of pyridine rings is 1. The molecule has 0 aliphatic heterocycles. The van der Waals surface area contributed by atoms with Crippen molar-refractivity contribution in [1.29, 1.82) is 0 Å². The van der Waals surface area contributed by atoms with Crippen molar-refractivity contribution in [3.63, 3.8) is 0 Å². The minimum atomic E-state index is -4.64. The highest BCUT2D eigenvalue weighted by Gasteiger charge is 2.38. The molecular formula is C15H16F6N6OS. The summed E-state index contributed by atoms with van der Waals surface area (Å²) in [6.45, 7) is 1.60. The first-order valence-corrected chi connectivity index (χ1v) is 9.56. The van der Waals surface area contributed by atoms with Crippen LogP contribution in [0.5, 0.6) is 0 Å². The van der Waals surface area contributed by atoms with Gasteiger partial charge in [0.15, 0.2) is 5.82 Å². The number of alkyl halides is 6. The third-order valence-corrected chi connectivity index (χ3v) is 4.37. The van der Waals surface area contributed by atoms with Gasteiger partial charge in [-0.25, -0.2) is 0 Å². The van der Waals surface area contributed by atoms with E-state index < -0.39 is 47.5 Å². The van der Waals surface area contributed by atoms with E-state index in [0.29, 0.717) is 0 Å². The Morgan fingerprint density at radius 2 is 1.34 bits per heavy atom. The molecule has 0 saturated carbocycles. The molecule has 2 heterocycles. The fourth-order valence-corrected chi connectivity index (χ4v) is 2.37. The van der Waals surface area contributed by atoms with Crippen LogP contribution in [0.25, 0.3) is 11.5 Å². The van der Waals surface area contributed by atoms with Crippen LogP contribution in [0.1, 0.15) is 13.8 Å². The SMILES string of the molecule is C[C@@H](Nc1nc(N[C@H](C)C(F)(F)F)nc(-c2cccc([S+](C)[O-])n2)n1)C(F)(F)F. The second kappa shape index (κ2) is 8.57. The summed E-state index contributed by atoms with van der Waals surface area (Å²) >= 11 is -1.48. The van der Waals surface area contributed by atoms with E-state index in [-0.39, 0.29) is 16.5 Å². The van der Waals surface area contributed by atoms with Crippen molar-refractivity contribution in [2.75, 3.05) is 16.9 Å². The summed E-state index contributed by atoms with van der Waals surface area (Å²) in [5.74, 6) is -1.48. The van der Waals surface area contributed by atoms with Crippen LogP contribution in [0.4, 0.5) is 38.2 Å². The molecule has 0 saturated heterocycles. The van der Waals surface area contributed by atoms with E-state index in [0.717, 1.165) is 13.8 Å². The normalized spacial score (nSPS) is 15.5. The maximum Gasteiger partial charge on any atom is 0.408 e. The maximum absolute atomic E-state index is 12.8. The Kier molecular flexibility index (Phi) is 6.78. The first-order valence-electron chi connectivity index (χ1n) is 8.01. The van der Waals surface area contributed by atoms with Crippen LogP contribution in [0.2, 0.25) is 0 Å². The second-order valence-corrected chi connectivity index (χ2v) is 7.26. The van der Waals surface area contributed by atoms with E-state index in [9.17, 15) is 30.9 Å². The van der Waals surface area contributed by atoms with Crippen LogP contribution in [0.3, 0.4) is 0 Å². The highest BCUT2D eigenvalue weighted by Crippen LogP contribution is 2.26. The van der Waals surface area contributed by atoms with Gasteiger partial charge in [0.25, 0.3) is 0 Å². The minimum Gasteiger partial charge on any atom is -0.610 e. The van der Waals surface area contributed by atoms with E-state index >= 15 is 0 Å². The summed E-state index contributed by atoms with van der Waals surface area (Å²) in [5.41, 5.74) is 0.00511. The number of nitrogens with one attached hydrogen (secondary N) is 2. The Balaban J connectivity index is 2.48. The summed E-state index contributed by atoms with van der Waals surface area (Å²) in [6, 6.07) is 0.122. The average molecular weight is 442 g/mol. The molecule has 0 fully saturated rings. The molecule has 0 bridgehead atoms. The summed E-state index contributed by atoms with van der Waals surface area (Å²) in [7, 11) is 0. The monoisotopic (exact) mass is 442 g/mol. The van der Waals surface area contributed by atoms with Crippen molar-refractivity contribution >= 4 is 23.1 Å². The van der Waals surface area contributed by atoms with Crippen molar-refractivity contribution in [3.8, 4) is 11.5 Å². The van der Waals surface area contributed by atoms with Gasteiger partial charge in [-0.05, 0) is 19.9 Å². The number of hydrogen-bond donors (Lipinski definition) is 2. The first kappa shape index (κ1) is 22.9. The van der Waals surface area contributed by atoms with Gasteiger partial charge in [0.2, 0.25) is 16.9 Å². The van der Waals surface area contributed by atoms with Gasteiger partial charge in [0.1, 0.15) is 24.0 Å². The Morgan fingerprint density at radius 3 is 1.76 bits per heavy atom. The third kappa shape index (κ3) is 6.32. The Labute approximate surface area is 164 Å². The van der Waals surface area contributed by atoms with E-state index in [4.69, 9.17) is 0 Å². The molecular weight excluding hydrogens is 426 g/mol. The highest BCUT2D eigenvalue weighted by atomic mass is 32.2. The lowest BCUT2D eigenvalue weighted by Crippen LogP contribution is -2.35. The van der Waals surface area contributed by atoms with E-state index in [1.165, 1.54) is 24.5 Å². The molecule has 160 valence electrons. The lowest BCUT2D eigenvalue weighted by atomic mass is 10.3. The molecule has 29 heavy (non-hydrogen) atoms. The number of anilines is 2. The zero-order valence-electron chi connectivity index (χ0n) is 15.3. The molecule has 2 aromatic rings. The molecule has 7 nitrogen and oxygen atoms in total. The lowest BCUT2D eigenvalue weighted by Gasteiger charge is -2.20. The van der Waals surface area contributed by atoms with E-state index in [2.05, 4.69) is 19.9 Å². The van der Waals surface area contributed by atoms with Crippen LogP contribution < -0.4 is 10.6 Å². The molecule has 0 aliphatic carbocycles. The summed E-state index contributed by atoms with van der Waals surface area (Å²) < 4.78 is 88.5. The number of aromatic nitrogens is 4. The molecule has 0 aromatic carbocycles. The van der Waals surface area contributed by atoms with Gasteiger partial charge >= 0.3 is 12.4 Å². The number of rotatable bonds is 6. The number of hydrogen-bond acceptors (Lipinski definition) is 7. The van der Waals surface area contributed by atoms with Crippen molar-refractivity contribution in [3.05, 3.63) is 18.2 Å². The summed E-state index contributed by atoms with van der Waals surface area (Å²) in [6.07, 6.45) is -7.93. The van der Waals surface area contributed by atoms with Crippen molar-refractivity contribution in [2.45, 2.75) is 43.3 Å². The fourth-order valence-electron chi connectivity index (χ4n) is 1.87. The van der Waals surface area contributed by atoms with Crippen molar-refractivity contribution in [2.24, 2.45) is 0 Å². The number of halogens is 6. The average Bonchev–Trinajstić information content (AvgIpc) is 2.60. The molecule has 2 rings (SSSR count). The molecule has 1 unspecified atom stereocenters. The van der Waals surface area contributed by atoms with Crippen LogP contribution >= 0.6 is 0 Å². The molecule has 0 aliphatic rings. The Morgan fingerprint density at radius 1 is 0.862 bits per heavy atom. The van der Waals surface area contributed by atoms with Crippen LogP contribution in [-0.2, 0) is 11.2 Å². The fraction of sp³-hybridized carbons (Fsp3) is 0.467. The zero-order valence-corrected chi connectivity index (χ0v) is 16.1. The molecule has 2 N–H and O–H groups in total. The molecule has 3 atom stereocenters. The van der Waals surface area contributed by atoms with Crippen LogP contribution in [-0.4, -0.2) is 55.2 Å². The highest BCUT2D eigenvalue weighted by molar-refractivity contribution is 7.90. The van der Waals surface area contributed by atoms with Gasteiger partial charge in [-0.15, -0.1) is 0 Å². The molecule has 0 amide bonds. The van der Waals surface area contributed by atoms with Crippen molar-refractivity contribution in [1.82, 2.24) is 19.9 Å². The van der Waals surface area contributed by atoms with Gasteiger partial charge in [-0.3, -0.25) is 0 Å². The predicted molar refractivity (Wildman–Crippen MR) is 93.7 cm³/mol. The van der Waals surface area contributed by atoms with Crippen molar-refractivity contribution < 1.29 is 30.9 Å². The van der Waals surface area contributed by atoms with Gasteiger partial charge in [-0.1, -0.05) is 6.07 Å². The maximum atomic E-state index is 12.8. The topological polar surface area (TPSA) is 98.7 Å². The standard InChI is InChI=1S/C15H16F6N6OS/c1-7(14(16,17)18)22-12-25-11(9-5-4-6-10(24-9)29(3)28)26-13(27-12)23-8(2)15(19,20)21/h4-8H,1-3H3,(H2,22,23,25,26,27)/t7-,8-,29?/m1/s1. The van der Waals surface area contributed by atoms with Gasteiger partial charge in [0.05, 0.1) is 0 Å². The molecule has 0 spiro atoms. The lowest BCUT2D eigenvalue weighted by molar-refractivity contribution is -0.139. The Hall–Kier alpha value is -2.35. The van der Waals surface area contributed by atoms with Crippen LogP contribution in [0, 0.1) is 0 Å². The second-order valence-electron chi connectivity index (χ2n) is 5.94. The molecule has 2 aromatic heterocycles. The van der Waals surface area contributed by atoms with Crippen LogP contribution in [0.15, 0.2) is 23.2 Å². The third-order valence-electron chi connectivity index (χ3n) is 3.56. The summed E-state index contributed by atoms with van der Waals surface area (Å²) in [4.78, 5) is 15.2. The number of nitrogens with zero attached hydrogens (tertiary/aromatic N) is 4. The van der Waals surface area contributed by atoms with E-state index in [1.54, 1.807) is 0 Å². The summed E-state index contributed by atoms with van der Waals surface area (Å²) in [5, 5.41) is 4.11. The quantitative estimate of drug-likeness (QED) is 0.523. The smallest absolute Gasteiger partial charge is 0.408 e.